The number of pyridine rings is 1. The van der Waals surface area contributed by atoms with Gasteiger partial charge in [-0.25, -0.2) is 9.78 Å². The molecule has 0 radical (unpaired) electrons. The van der Waals surface area contributed by atoms with Crippen molar-refractivity contribution < 1.29 is 14.6 Å². The number of hydrogen-bond acceptors (Lipinski definition) is 6. The van der Waals surface area contributed by atoms with Crippen LogP contribution in [0.1, 0.15) is 5.56 Å². The SMILES string of the molecule is COc1cccc(NC(=O)Nc2ccc(N3CCN(Cc4ccccc4O)CC3)nc2)c1. The number of phenolic OH excluding ortho intramolecular Hbond substituents is 1. The van der Waals surface area contributed by atoms with Crippen molar-refractivity contribution in [3.63, 3.8) is 0 Å². The predicted octanol–water partition coefficient (Wildman–Crippen LogP) is 3.76. The van der Waals surface area contributed by atoms with Gasteiger partial charge in [0.15, 0.2) is 0 Å². The van der Waals surface area contributed by atoms with Crippen LogP contribution in [0, 0.1) is 0 Å². The van der Waals surface area contributed by atoms with Crippen LogP contribution in [-0.2, 0) is 6.54 Å². The van der Waals surface area contributed by atoms with Crippen molar-refractivity contribution in [3.05, 3.63) is 72.4 Å². The number of aromatic hydroxyl groups is 1. The van der Waals surface area contributed by atoms with E-state index in [1.807, 2.05) is 42.5 Å². The number of carbonyl (C=O) groups is 1. The zero-order valence-electron chi connectivity index (χ0n) is 18.0. The lowest BCUT2D eigenvalue weighted by molar-refractivity contribution is 0.246. The molecule has 2 amide bonds. The molecular formula is C24H27N5O3. The minimum Gasteiger partial charge on any atom is -0.508 e. The Labute approximate surface area is 187 Å². The molecule has 1 aliphatic heterocycles. The number of anilines is 3. The second-order valence-corrected chi connectivity index (χ2v) is 7.61. The number of aromatic nitrogens is 1. The number of piperazine rings is 1. The molecule has 4 rings (SSSR count). The van der Waals surface area contributed by atoms with Gasteiger partial charge >= 0.3 is 6.03 Å². The summed E-state index contributed by atoms with van der Waals surface area (Å²) in [5.41, 5.74) is 2.21. The van der Waals surface area contributed by atoms with E-state index in [1.54, 1.807) is 31.5 Å². The van der Waals surface area contributed by atoms with Gasteiger partial charge in [0, 0.05) is 50.0 Å². The summed E-state index contributed by atoms with van der Waals surface area (Å²) in [4.78, 5) is 21.3. The molecule has 32 heavy (non-hydrogen) atoms. The maximum Gasteiger partial charge on any atom is 0.323 e. The molecule has 8 nitrogen and oxygen atoms in total. The molecule has 1 fully saturated rings. The van der Waals surface area contributed by atoms with Crippen LogP contribution in [0.15, 0.2) is 66.9 Å². The average Bonchev–Trinajstić information content (AvgIpc) is 2.82. The fourth-order valence-electron chi connectivity index (χ4n) is 3.66. The molecule has 1 aliphatic rings. The summed E-state index contributed by atoms with van der Waals surface area (Å²) in [6.07, 6.45) is 1.66. The molecule has 2 aromatic carbocycles. The van der Waals surface area contributed by atoms with Crippen LogP contribution in [0.25, 0.3) is 0 Å². The van der Waals surface area contributed by atoms with Gasteiger partial charge in [-0.2, -0.15) is 0 Å². The Morgan fingerprint density at radius 2 is 1.78 bits per heavy atom. The van der Waals surface area contributed by atoms with Gasteiger partial charge in [-0.1, -0.05) is 24.3 Å². The Morgan fingerprint density at radius 1 is 1.00 bits per heavy atom. The van der Waals surface area contributed by atoms with Gasteiger partial charge in [0.05, 0.1) is 19.0 Å². The van der Waals surface area contributed by atoms with E-state index in [0.717, 1.165) is 44.1 Å². The topological polar surface area (TPSA) is 90.0 Å². The van der Waals surface area contributed by atoms with Crippen molar-refractivity contribution in [1.29, 1.82) is 0 Å². The second kappa shape index (κ2) is 10.0. The van der Waals surface area contributed by atoms with Gasteiger partial charge in [0.25, 0.3) is 0 Å². The van der Waals surface area contributed by atoms with Crippen molar-refractivity contribution in [2.75, 3.05) is 48.8 Å². The normalized spacial score (nSPS) is 14.1. The third kappa shape index (κ3) is 5.47. The summed E-state index contributed by atoms with van der Waals surface area (Å²) < 4.78 is 5.17. The predicted molar refractivity (Wildman–Crippen MR) is 125 cm³/mol. The number of nitrogens with one attached hydrogen (secondary N) is 2. The summed E-state index contributed by atoms with van der Waals surface area (Å²) in [7, 11) is 1.58. The molecule has 3 N–H and O–H groups in total. The van der Waals surface area contributed by atoms with Crippen molar-refractivity contribution in [2.45, 2.75) is 6.54 Å². The van der Waals surface area contributed by atoms with Crippen LogP contribution in [0.5, 0.6) is 11.5 Å². The Balaban J connectivity index is 1.27. The first kappa shape index (κ1) is 21.5. The van der Waals surface area contributed by atoms with Gasteiger partial charge < -0.3 is 25.4 Å². The fourth-order valence-corrected chi connectivity index (χ4v) is 3.66. The average molecular weight is 434 g/mol. The van der Waals surface area contributed by atoms with E-state index in [2.05, 4.69) is 25.4 Å². The van der Waals surface area contributed by atoms with Crippen molar-refractivity contribution in [2.24, 2.45) is 0 Å². The first-order valence-electron chi connectivity index (χ1n) is 10.5. The summed E-state index contributed by atoms with van der Waals surface area (Å²) in [6, 6.07) is 18.1. The van der Waals surface area contributed by atoms with E-state index in [9.17, 15) is 9.90 Å². The maximum atomic E-state index is 12.3. The van der Waals surface area contributed by atoms with Crippen LogP contribution in [0.3, 0.4) is 0 Å². The Hall–Kier alpha value is -3.78. The molecule has 166 valence electrons. The van der Waals surface area contributed by atoms with Gasteiger partial charge in [-0.3, -0.25) is 4.90 Å². The van der Waals surface area contributed by atoms with E-state index in [4.69, 9.17) is 4.74 Å². The molecule has 0 bridgehead atoms. The van der Waals surface area contributed by atoms with Gasteiger partial charge in [-0.05, 0) is 30.3 Å². The summed E-state index contributed by atoms with van der Waals surface area (Å²) >= 11 is 0. The van der Waals surface area contributed by atoms with Crippen LogP contribution in [0.4, 0.5) is 22.0 Å². The second-order valence-electron chi connectivity index (χ2n) is 7.61. The maximum absolute atomic E-state index is 12.3. The number of phenols is 1. The molecule has 0 spiro atoms. The number of benzene rings is 2. The zero-order chi connectivity index (χ0) is 22.3. The fraction of sp³-hybridized carbons (Fsp3) is 0.250. The quantitative estimate of drug-likeness (QED) is 0.548. The highest BCUT2D eigenvalue weighted by molar-refractivity contribution is 5.99. The number of amides is 2. The van der Waals surface area contributed by atoms with E-state index in [0.29, 0.717) is 22.9 Å². The van der Waals surface area contributed by atoms with Crippen LogP contribution in [-0.4, -0.2) is 54.3 Å². The summed E-state index contributed by atoms with van der Waals surface area (Å²) in [6.45, 7) is 4.21. The van der Waals surface area contributed by atoms with Crippen molar-refractivity contribution in [1.82, 2.24) is 9.88 Å². The number of ether oxygens (including phenoxy) is 1. The third-order valence-electron chi connectivity index (χ3n) is 5.42. The summed E-state index contributed by atoms with van der Waals surface area (Å²) in [5, 5.41) is 15.6. The lowest BCUT2D eigenvalue weighted by Gasteiger charge is -2.35. The molecule has 3 aromatic rings. The Morgan fingerprint density at radius 3 is 2.50 bits per heavy atom. The number of para-hydroxylation sites is 1. The third-order valence-corrected chi connectivity index (χ3v) is 5.42. The number of methoxy groups -OCH3 is 1. The van der Waals surface area contributed by atoms with Crippen LogP contribution >= 0.6 is 0 Å². The number of carbonyl (C=O) groups excluding carboxylic acids is 1. The Kier molecular flexibility index (Phi) is 6.72. The van der Waals surface area contributed by atoms with Gasteiger partial charge in [0.2, 0.25) is 0 Å². The van der Waals surface area contributed by atoms with E-state index < -0.39 is 0 Å². The Bertz CT molecular complexity index is 1050. The molecule has 2 heterocycles. The molecule has 0 unspecified atom stereocenters. The molecular weight excluding hydrogens is 406 g/mol. The number of nitrogens with zero attached hydrogens (tertiary/aromatic N) is 3. The highest BCUT2D eigenvalue weighted by atomic mass is 16.5. The molecule has 0 atom stereocenters. The molecule has 1 saturated heterocycles. The number of hydrogen-bond donors (Lipinski definition) is 3. The standard InChI is InChI=1S/C24H27N5O3/c1-32-21-7-4-6-19(15-21)26-24(31)27-20-9-10-23(25-16-20)29-13-11-28(12-14-29)17-18-5-2-3-8-22(18)30/h2-10,15-16,30H,11-14,17H2,1H3,(H2,26,27,31). The minimum atomic E-state index is -0.342. The largest absolute Gasteiger partial charge is 0.508 e. The lowest BCUT2D eigenvalue weighted by atomic mass is 10.1. The van der Waals surface area contributed by atoms with Crippen LogP contribution < -0.4 is 20.3 Å². The summed E-state index contributed by atoms with van der Waals surface area (Å²) in [5.74, 6) is 1.90. The zero-order valence-corrected chi connectivity index (χ0v) is 18.0. The monoisotopic (exact) mass is 433 g/mol. The van der Waals surface area contributed by atoms with Crippen molar-refractivity contribution >= 4 is 23.2 Å². The van der Waals surface area contributed by atoms with E-state index in [-0.39, 0.29) is 6.03 Å². The highest BCUT2D eigenvalue weighted by Gasteiger charge is 2.19. The van der Waals surface area contributed by atoms with Gasteiger partial charge in [0.1, 0.15) is 17.3 Å². The molecule has 0 aliphatic carbocycles. The minimum absolute atomic E-state index is 0.342. The van der Waals surface area contributed by atoms with Crippen molar-refractivity contribution in [3.8, 4) is 11.5 Å². The molecule has 8 heteroatoms. The first-order valence-corrected chi connectivity index (χ1v) is 10.5. The first-order chi connectivity index (χ1) is 15.6. The molecule has 0 saturated carbocycles. The number of rotatable bonds is 6. The molecule has 1 aromatic heterocycles. The van der Waals surface area contributed by atoms with Crippen LogP contribution in [0.2, 0.25) is 0 Å². The lowest BCUT2D eigenvalue weighted by Crippen LogP contribution is -2.46. The van der Waals surface area contributed by atoms with Gasteiger partial charge in [-0.15, -0.1) is 0 Å². The number of urea groups is 1. The smallest absolute Gasteiger partial charge is 0.323 e. The van der Waals surface area contributed by atoms with E-state index in [1.165, 1.54) is 0 Å². The van der Waals surface area contributed by atoms with E-state index >= 15 is 0 Å². The highest BCUT2D eigenvalue weighted by Crippen LogP contribution is 2.21.